The van der Waals surface area contributed by atoms with Crippen LogP contribution in [0, 0.1) is 5.92 Å². The summed E-state index contributed by atoms with van der Waals surface area (Å²) < 4.78 is 2.55. The molecule has 2 heterocycles. The Hall–Kier alpha value is -3.87. The maximum absolute atomic E-state index is 13.2. The number of allylic oxidation sites excluding steroid dienone is 2. The first-order chi connectivity index (χ1) is 19.4. The SMILES string of the molecule is CC(C)Cc1cccc2nc(Cn3cccc(NC(=O)C(CC/C=C/C(=O)CC(O)N(C)C)NC(=O)O)c3=O)sc12. The van der Waals surface area contributed by atoms with Crippen molar-refractivity contribution in [2.45, 2.75) is 58.3 Å². The molecule has 0 aliphatic rings. The summed E-state index contributed by atoms with van der Waals surface area (Å²) in [6.45, 7) is 4.54. The molecule has 0 fully saturated rings. The number of pyridine rings is 1. The number of hydrogen-bond acceptors (Lipinski definition) is 8. The Bertz CT molecular complexity index is 1460. The van der Waals surface area contributed by atoms with Crippen LogP contribution in [0.15, 0.2) is 53.5 Å². The van der Waals surface area contributed by atoms with Crippen LogP contribution in [0.2, 0.25) is 0 Å². The van der Waals surface area contributed by atoms with Crippen LogP contribution in [-0.2, 0) is 22.6 Å². The molecule has 2 atom stereocenters. The molecular formula is C29H37N5O6S. The van der Waals surface area contributed by atoms with Gasteiger partial charge >= 0.3 is 6.09 Å². The Morgan fingerprint density at radius 1 is 1.17 bits per heavy atom. The number of ketones is 1. The number of carbonyl (C=O) groups is 3. The normalized spacial score (nSPS) is 13.1. The summed E-state index contributed by atoms with van der Waals surface area (Å²) in [5, 5.41) is 24.4. The first-order valence-electron chi connectivity index (χ1n) is 13.4. The number of aliphatic hydroxyl groups is 1. The van der Waals surface area contributed by atoms with E-state index in [-0.39, 0.29) is 37.3 Å². The van der Waals surface area contributed by atoms with Gasteiger partial charge in [0.2, 0.25) is 5.91 Å². The predicted molar refractivity (Wildman–Crippen MR) is 159 cm³/mol. The standard InChI is InChI=1S/C29H37N5O6S/c1-18(2)15-19-9-7-12-21-26(19)41-24(30-21)17-34-14-8-13-23(28(34)38)31-27(37)22(32-29(39)40)11-6-5-10-20(35)16-25(36)33(3)4/h5,7-10,12-14,18,22,25,32,36H,6,11,15-17H2,1-4H3,(H,31,37)(H,39,40)/b10-5+. The summed E-state index contributed by atoms with van der Waals surface area (Å²) in [5.41, 5.74) is 1.67. The lowest BCUT2D eigenvalue weighted by atomic mass is 10.0. The molecule has 220 valence electrons. The molecule has 0 aliphatic carbocycles. The van der Waals surface area contributed by atoms with Crippen LogP contribution >= 0.6 is 11.3 Å². The van der Waals surface area contributed by atoms with E-state index in [4.69, 9.17) is 4.98 Å². The fourth-order valence-electron chi connectivity index (χ4n) is 4.17. The molecule has 0 bridgehead atoms. The first kappa shape index (κ1) is 31.7. The van der Waals surface area contributed by atoms with Gasteiger partial charge in [-0.2, -0.15) is 0 Å². The van der Waals surface area contributed by atoms with Crippen molar-refractivity contribution in [3.63, 3.8) is 0 Å². The maximum Gasteiger partial charge on any atom is 0.405 e. The van der Waals surface area contributed by atoms with E-state index < -0.39 is 29.8 Å². The number of nitrogens with one attached hydrogen (secondary N) is 2. The number of aliphatic hydroxyl groups excluding tert-OH is 1. The van der Waals surface area contributed by atoms with Crippen LogP contribution < -0.4 is 16.2 Å². The summed E-state index contributed by atoms with van der Waals surface area (Å²) in [7, 11) is 3.29. The van der Waals surface area contributed by atoms with E-state index in [1.54, 1.807) is 26.4 Å². The highest BCUT2D eigenvalue weighted by molar-refractivity contribution is 7.18. The third-order valence-electron chi connectivity index (χ3n) is 6.27. The molecule has 2 aromatic heterocycles. The third-order valence-corrected chi connectivity index (χ3v) is 7.40. The fourth-order valence-corrected chi connectivity index (χ4v) is 5.25. The van der Waals surface area contributed by atoms with E-state index in [1.165, 1.54) is 44.6 Å². The lowest BCUT2D eigenvalue weighted by Crippen LogP contribution is -2.44. The third kappa shape index (κ3) is 9.34. The van der Waals surface area contributed by atoms with Gasteiger partial charge < -0.3 is 25.4 Å². The molecule has 41 heavy (non-hydrogen) atoms. The monoisotopic (exact) mass is 583 g/mol. The van der Waals surface area contributed by atoms with Gasteiger partial charge in [-0.25, -0.2) is 9.78 Å². The zero-order valence-electron chi connectivity index (χ0n) is 23.7. The first-order valence-corrected chi connectivity index (χ1v) is 14.2. The lowest BCUT2D eigenvalue weighted by molar-refractivity contribution is -0.119. The molecule has 0 aliphatic heterocycles. The van der Waals surface area contributed by atoms with Crippen LogP contribution in [0.4, 0.5) is 10.5 Å². The molecule has 3 aromatic rings. The van der Waals surface area contributed by atoms with Crippen molar-refractivity contribution in [1.82, 2.24) is 19.8 Å². The van der Waals surface area contributed by atoms with Crippen molar-refractivity contribution in [3.8, 4) is 0 Å². The molecule has 4 N–H and O–H groups in total. The quantitative estimate of drug-likeness (QED) is 0.166. The van der Waals surface area contributed by atoms with Crippen molar-refractivity contribution >= 4 is 45.0 Å². The average molecular weight is 584 g/mol. The fraction of sp³-hybridized carbons (Fsp3) is 0.414. The largest absolute Gasteiger partial charge is 0.465 e. The maximum atomic E-state index is 13.2. The molecule has 0 radical (unpaired) electrons. The minimum atomic E-state index is -1.39. The lowest BCUT2D eigenvalue weighted by Gasteiger charge is -2.17. The van der Waals surface area contributed by atoms with Crippen LogP contribution in [-0.4, -0.2) is 68.8 Å². The summed E-state index contributed by atoms with van der Waals surface area (Å²) in [5.74, 6) is -0.495. The smallest absolute Gasteiger partial charge is 0.405 e. The van der Waals surface area contributed by atoms with Crippen molar-refractivity contribution in [2.24, 2.45) is 5.92 Å². The zero-order valence-corrected chi connectivity index (χ0v) is 24.5. The number of fused-ring (bicyclic) bond motifs is 1. The van der Waals surface area contributed by atoms with Crippen LogP contribution in [0.5, 0.6) is 0 Å². The summed E-state index contributed by atoms with van der Waals surface area (Å²) in [6.07, 6.45) is 3.25. The number of nitrogens with zero attached hydrogens (tertiary/aromatic N) is 3. The topological polar surface area (TPSA) is 154 Å². The molecule has 2 amide bonds. The second-order valence-corrected chi connectivity index (χ2v) is 11.5. The van der Waals surface area contributed by atoms with Gasteiger partial charge in [-0.1, -0.05) is 32.1 Å². The second kappa shape index (κ2) is 14.7. The molecule has 3 rings (SSSR count). The summed E-state index contributed by atoms with van der Waals surface area (Å²) >= 11 is 1.54. The Labute approximate surface area is 242 Å². The second-order valence-electron chi connectivity index (χ2n) is 10.4. The molecule has 12 heteroatoms. The molecule has 1 aromatic carbocycles. The van der Waals surface area contributed by atoms with Gasteiger partial charge in [-0.05, 0) is 69.1 Å². The predicted octanol–water partition coefficient (Wildman–Crippen LogP) is 3.46. The van der Waals surface area contributed by atoms with Crippen molar-refractivity contribution in [2.75, 3.05) is 19.4 Å². The Morgan fingerprint density at radius 3 is 2.61 bits per heavy atom. The number of rotatable bonds is 14. The van der Waals surface area contributed by atoms with E-state index in [9.17, 15) is 29.4 Å². The van der Waals surface area contributed by atoms with Gasteiger partial charge in [0.05, 0.1) is 16.8 Å². The average Bonchev–Trinajstić information content (AvgIpc) is 3.31. The van der Waals surface area contributed by atoms with Crippen molar-refractivity contribution < 1.29 is 24.6 Å². The Balaban J connectivity index is 1.69. The zero-order chi connectivity index (χ0) is 30.1. The molecule has 0 saturated heterocycles. The minimum absolute atomic E-state index is 0.0136. The Kier molecular flexibility index (Phi) is 11.3. The molecule has 11 nitrogen and oxygen atoms in total. The summed E-state index contributed by atoms with van der Waals surface area (Å²) in [6, 6.07) is 7.96. The van der Waals surface area contributed by atoms with E-state index in [0.717, 1.165) is 21.6 Å². The van der Waals surface area contributed by atoms with E-state index >= 15 is 0 Å². The van der Waals surface area contributed by atoms with E-state index in [1.807, 2.05) is 12.1 Å². The van der Waals surface area contributed by atoms with Gasteiger partial charge in [0.1, 0.15) is 23.0 Å². The van der Waals surface area contributed by atoms with Gasteiger partial charge in [-0.3, -0.25) is 19.3 Å². The Morgan fingerprint density at radius 2 is 1.93 bits per heavy atom. The molecule has 0 saturated carbocycles. The number of aromatic nitrogens is 2. The molecule has 0 spiro atoms. The van der Waals surface area contributed by atoms with Gasteiger partial charge in [0.25, 0.3) is 5.56 Å². The van der Waals surface area contributed by atoms with E-state index in [0.29, 0.717) is 5.92 Å². The van der Waals surface area contributed by atoms with Crippen molar-refractivity contribution in [3.05, 3.63) is 69.6 Å². The highest BCUT2D eigenvalue weighted by atomic mass is 32.1. The van der Waals surface area contributed by atoms with Gasteiger partial charge in [0, 0.05) is 12.6 Å². The number of carboxylic acid groups (broad SMARTS) is 1. The van der Waals surface area contributed by atoms with Crippen LogP contribution in [0.3, 0.4) is 0 Å². The molecule has 2 unspecified atom stereocenters. The molecular weight excluding hydrogens is 546 g/mol. The van der Waals surface area contributed by atoms with Gasteiger partial charge in [-0.15, -0.1) is 11.3 Å². The highest BCUT2D eigenvalue weighted by Crippen LogP contribution is 2.28. The number of thiazole rings is 1. The number of hydrogen-bond donors (Lipinski definition) is 4. The number of carbonyl (C=O) groups excluding carboxylic acids is 2. The highest BCUT2D eigenvalue weighted by Gasteiger charge is 2.21. The van der Waals surface area contributed by atoms with Crippen LogP contribution in [0.1, 0.15) is 43.7 Å². The number of anilines is 1. The van der Waals surface area contributed by atoms with E-state index in [2.05, 4.69) is 30.5 Å². The summed E-state index contributed by atoms with van der Waals surface area (Å²) in [4.78, 5) is 55.6. The van der Waals surface area contributed by atoms with Crippen molar-refractivity contribution in [1.29, 1.82) is 0 Å². The number of amides is 2. The number of benzene rings is 1. The van der Waals surface area contributed by atoms with Gasteiger partial charge in [0.15, 0.2) is 5.78 Å². The minimum Gasteiger partial charge on any atom is -0.465 e. The van der Waals surface area contributed by atoms with Crippen LogP contribution in [0.25, 0.3) is 10.2 Å².